The van der Waals surface area contributed by atoms with Crippen LogP contribution < -0.4 is 16.0 Å². The van der Waals surface area contributed by atoms with Crippen molar-refractivity contribution in [2.75, 3.05) is 0 Å². The number of nitrogens with zero attached hydrogens (tertiary/aromatic N) is 1. The summed E-state index contributed by atoms with van der Waals surface area (Å²) in [5.41, 5.74) is 9.13. The Morgan fingerprint density at radius 2 is 1.37 bits per heavy atom. The van der Waals surface area contributed by atoms with Crippen molar-refractivity contribution in [3.63, 3.8) is 0 Å². The molecule has 2 aliphatic rings. The van der Waals surface area contributed by atoms with Gasteiger partial charge in [-0.15, -0.1) is 0 Å². The molecule has 10 nitrogen and oxygen atoms in total. The van der Waals surface area contributed by atoms with Crippen LogP contribution in [-0.2, 0) is 32.0 Å². The van der Waals surface area contributed by atoms with Gasteiger partial charge >= 0.3 is 11.9 Å². The summed E-state index contributed by atoms with van der Waals surface area (Å²) in [6.45, 7) is 11.4. The average Bonchev–Trinajstić information content (AvgIpc) is 3.58. The molecule has 0 spiro atoms. The van der Waals surface area contributed by atoms with Gasteiger partial charge < -0.3 is 25.5 Å². The minimum atomic E-state index is -0.922. The normalized spacial score (nSPS) is 17.2. The molecule has 0 bridgehead atoms. The van der Waals surface area contributed by atoms with Crippen LogP contribution in [0.2, 0.25) is 0 Å². The predicted molar refractivity (Wildman–Crippen MR) is 165 cm³/mol. The second-order valence-electron chi connectivity index (χ2n) is 10.9. The van der Waals surface area contributed by atoms with Crippen LogP contribution in [0.15, 0.2) is 33.0 Å². The van der Waals surface area contributed by atoms with Crippen molar-refractivity contribution in [3.8, 4) is 0 Å². The van der Waals surface area contributed by atoms with Crippen molar-refractivity contribution in [1.29, 1.82) is 0 Å². The Balaban J connectivity index is 1.90. The third kappa shape index (κ3) is 6.38. The molecule has 2 amide bonds. The van der Waals surface area contributed by atoms with E-state index in [0.717, 1.165) is 44.7 Å². The van der Waals surface area contributed by atoms with Gasteiger partial charge in [-0.05, 0) is 105 Å². The van der Waals surface area contributed by atoms with Gasteiger partial charge in [0.05, 0.1) is 5.71 Å². The molecule has 10 heteroatoms. The summed E-state index contributed by atoms with van der Waals surface area (Å²) in [6.07, 6.45) is 7.17. The lowest BCUT2D eigenvalue weighted by molar-refractivity contribution is -0.138. The Morgan fingerprint density at radius 3 is 1.93 bits per heavy atom. The highest BCUT2D eigenvalue weighted by Gasteiger charge is 2.24. The lowest BCUT2D eigenvalue weighted by Gasteiger charge is -2.02. The topological polar surface area (TPSA) is 165 Å². The molecule has 4 rings (SSSR count). The third-order valence-electron chi connectivity index (χ3n) is 8.34. The quantitative estimate of drug-likeness (QED) is 0.270. The molecule has 2 aromatic rings. The number of nitrogens with one attached hydrogen (secondary N) is 3. The summed E-state index contributed by atoms with van der Waals surface area (Å²) < 4.78 is 0. The number of hydrogen-bond acceptors (Lipinski definition) is 4. The van der Waals surface area contributed by atoms with Gasteiger partial charge in [0.2, 0.25) is 0 Å². The fourth-order valence-corrected chi connectivity index (χ4v) is 5.75. The standard InChI is InChI=1S/C33H38N4O6/c1-7-20-16(3)26(36-32(20)42)13-24-18(5)22(9-11-30(38)39)28(34-24)15-29-23(10-12-31(40)41)19(6)25(35-29)14-27-17(4)21(8-2)33(43)37-27/h13-15,34-35H,7-12H2,1-6H3,(H,36,42)(H,38,39)(H,40,41)/b25-14+,26-13-,29-15-. The number of amides is 2. The van der Waals surface area contributed by atoms with Crippen LogP contribution >= 0.6 is 0 Å². The number of aliphatic carboxylic acids is 2. The van der Waals surface area contributed by atoms with Crippen LogP contribution in [0.1, 0.15) is 87.0 Å². The molecule has 0 fully saturated rings. The molecule has 226 valence electrons. The first-order valence-electron chi connectivity index (χ1n) is 14.5. The molecule has 2 aromatic heterocycles. The van der Waals surface area contributed by atoms with E-state index in [1.54, 1.807) is 0 Å². The number of carboxylic acid groups (broad SMARTS) is 2. The molecule has 2 aliphatic heterocycles. The molecular weight excluding hydrogens is 548 g/mol. The molecule has 5 N–H and O–H groups in total. The molecule has 0 radical (unpaired) electrons. The zero-order valence-corrected chi connectivity index (χ0v) is 25.4. The van der Waals surface area contributed by atoms with E-state index in [-0.39, 0.29) is 37.5 Å². The zero-order chi connectivity index (χ0) is 31.6. The number of carbonyl (C=O) groups is 4. The maximum absolute atomic E-state index is 12.4. The first kappa shape index (κ1) is 31.2. The van der Waals surface area contributed by atoms with Crippen molar-refractivity contribution >= 4 is 47.7 Å². The minimum Gasteiger partial charge on any atom is -0.481 e. The van der Waals surface area contributed by atoms with Crippen molar-refractivity contribution in [3.05, 3.63) is 72.3 Å². The molecule has 4 heterocycles. The van der Waals surface area contributed by atoms with Gasteiger partial charge in [0.25, 0.3) is 11.8 Å². The van der Waals surface area contributed by atoms with Gasteiger partial charge in [0, 0.05) is 51.8 Å². The fraction of sp³-hybridized carbons (Fsp3) is 0.364. The number of aromatic amines is 2. The summed E-state index contributed by atoms with van der Waals surface area (Å²) in [5.74, 6) is -2.20. The predicted octanol–water partition coefficient (Wildman–Crippen LogP) is 3.51. The average molecular weight is 587 g/mol. The van der Waals surface area contributed by atoms with E-state index in [1.807, 2.05) is 59.8 Å². The Bertz CT molecular complexity index is 1790. The highest BCUT2D eigenvalue weighted by molar-refractivity contribution is 6.30. The monoisotopic (exact) mass is 586 g/mol. The number of H-pyrrole nitrogens is 2. The van der Waals surface area contributed by atoms with Crippen LogP contribution in [0.5, 0.6) is 0 Å². The molecule has 0 aromatic carbocycles. The molecular formula is C33H38N4O6. The first-order chi connectivity index (χ1) is 20.4. The van der Waals surface area contributed by atoms with Crippen LogP contribution in [0.4, 0.5) is 0 Å². The number of allylic oxidation sites excluding steroid dienone is 2. The highest BCUT2D eigenvalue weighted by Crippen LogP contribution is 2.28. The zero-order valence-electron chi connectivity index (χ0n) is 25.4. The van der Waals surface area contributed by atoms with Crippen LogP contribution in [0, 0.1) is 13.8 Å². The fourth-order valence-electron chi connectivity index (χ4n) is 5.75. The first-order valence-corrected chi connectivity index (χ1v) is 14.5. The maximum atomic E-state index is 12.4. The molecule has 43 heavy (non-hydrogen) atoms. The lowest BCUT2D eigenvalue weighted by atomic mass is 10.0. The minimum absolute atomic E-state index is 0.0704. The largest absolute Gasteiger partial charge is 0.481 e. The maximum Gasteiger partial charge on any atom is 0.303 e. The van der Waals surface area contributed by atoms with Crippen molar-refractivity contribution in [1.82, 2.24) is 15.3 Å². The van der Waals surface area contributed by atoms with Crippen molar-refractivity contribution in [2.45, 2.75) is 80.1 Å². The smallest absolute Gasteiger partial charge is 0.303 e. The summed E-state index contributed by atoms with van der Waals surface area (Å²) in [4.78, 5) is 58.8. The van der Waals surface area contributed by atoms with Gasteiger partial charge in [-0.1, -0.05) is 13.8 Å². The highest BCUT2D eigenvalue weighted by atomic mass is 16.4. The van der Waals surface area contributed by atoms with Gasteiger partial charge in [-0.3, -0.25) is 19.2 Å². The van der Waals surface area contributed by atoms with Gasteiger partial charge in [-0.2, -0.15) is 0 Å². The molecule has 0 aliphatic carbocycles. The van der Waals surface area contributed by atoms with Gasteiger partial charge in [-0.25, -0.2) is 4.99 Å². The van der Waals surface area contributed by atoms with Crippen LogP contribution in [-0.4, -0.2) is 49.6 Å². The lowest BCUT2D eigenvalue weighted by Crippen LogP contribution is -2.16. The number of rotatable bonds is 11. The van der Waals surface area contributed by atoms with E-state index in [4.69, 9.17) is 0 Å². The number of carbonyl (C=O) groups excluding carboxylic acids is 2. The summed E-state index contributed by atoms with van der Waals surface area (Å²) in [6, 6.07) is 0. The Morgan fingerprint density at radius 1 is 0.744 bits per heavy atom. The van der Waals surface area contributed by atoms with E-state index >= 15 is 0 Å². The summed E-state index contributed by atoms with van der Waals surface area (Å²) >= 11 is 0. The van der Waals surface area contributed by atoms with E-state index in [9.17, 15) is 29.4 Å². The summed E-state index contributed by atoms with van der Waals surface area (Å²) in [7, 11) is 0. The molecule has 0 unspecified atom stereocenters. The van der Waals surface area contributed by atoms with E-state index in [2.05, 4.69) is 20.3 Å². The molecule has 0 atom stereocenters. The van der Waals surface area contributed by atoms with Crippen molar-refractivity contribution < 1.29 is 29.4 Å². The Kier molecular flexibility index (Phi) is 9.18. The second-order valence-corrected chi connectivity index (χ2v) is 10.9. The molecule has 0 saturated heterocycles. The number of aromatic nitrogens is 2. The van der Waals surface area contributed by atoms with Crippen molar-refractivity contribution in [2.24, 2.45) is 4.99 Å². The molecule has 0 saturated carbocycles. The van der Waals surface area contributed by atoms with Gasteiger partial charge in [0.1, 0.15) is 0 Å². The summed E-state index contributed by atoms with van der Waals surface area (Å²) in [5, 5.41) is 23.2. The number of carboxylic acids is 2. The Labute approximate surface area is 249 Å². The van der Waals surface area contributed by atoms with Crippen LogP contribution in [0.3, 0.4) is 0 Å². The number of hydrogen-bond donors (Lipinski definition) is 5. The SMILES string of the molecule is CCC1=C(C)C(/C=c2/[nH]/c(=C\c3[nH]c(/C=C4\NC(=O)C(CC)=C4C)c(C)c3CCC(=O)O)c(CCC(=O)O)c2C)=NC1=O. The van der Waals surface area contributed by atoms with E-state index in [0.29, 0.717) is 46.2 Å². The van der Waals surface area contributed by atoms with E-state index in [1.165, 1.54) is 0 Å². The Hall–Kier alpha value is -4.73. The van der Waals surface area contributed by atoms with Crippen LogP contribution in [0.25, 0.3) is 18.2 Å². The van der Waals surface area contributed by atoms with Gasteiger partial charge in [0.15, 0.2) is 0 Å². The number of aliphatic imine (C=N–C) groups is 1. The third-order valence-corrected chi connectivity index (χ3v) is 8.34. The second kappa shape index (κ2) is 12.6. The van der Waals surface area contributed by atoms with E-state index < -0.39 is 11.9 Å².